The maximum Gasteiger partial charge on any atom is 0.270 e. The fraction of sp³-hybridized carbons (Fsp3) is 0.526. The highest BCUT2D eigenvalue weighted by molar-refractivity contribution is 5.93. The van der Waals surface area contributed by atoms with Crippen LogP contribution in [0.2, 0.25) is 0 Å². The SMILES string of the molecule is Cn1cc(Cc2cc(C(=O)N[C@H]3CCCC[C@@H]3O)nc3c2OCCO3)cn1. The van der Waals surface area contributed by atoms with Gasteiger partial charge in [-0.05, 0) is 24.5 Å². The van der Waals surface area contributed by atoms with Gasteiger partial charge in [-0.25, -0.2) is 4.98 Å². The topological polar surface area (TPSA) is 98.5 Å². The number of ether oxygens (including phenoxy) is 2. The average Bonchev–Trinajstić information content (AvgIpc) is 3.08. The van der Waals surface area contributed by atoms with Crippen LogP contribution in [0.3, 0.4) is 0 Å². The Kier molecular flexibility index (Phi) is 4.98. The number of aryl methyl sites for hydroxylation is 1. The number of fused-ring (bicyclic) bond motifs is 1. The predicted molar refractivity (Wildman–Crippen MR) is 97.0 cm³/mol. The molecule has 2 aromatic heterocycles. The van der Waals surface area contributed by atoms with Gasteiger partial charge in [-0.15, -0.1) is 0 Å². The minimum absolute atomic E-state index is 0.233. The standard InChI is InChI=1S/C19H24N4O4/c1-23-11-12(10-20-23)8-13-9-15(22-19-17(13)26-6-7-27-19)18(25)21-14-4-2-3-5-16(14)24/h9-11,14,16,24H,2-8H2,1H3,(H,21,25)/t14-,16-/m0/s1. The Morgan fingerprint density at radius 1 is 1.33 bits per heavy atom. The number of rotatable bonds is 4. The highest BCUT2D eigenvalue weighted by atomic mass is 16.6. The second-order valence-electron chi connectivity index (χ2n) is 7.13. The largest absolute Gasteiger partial charge is 0.484 e. The zero-order valence-corrected chi connectivity index (χ0v) is 15.4. The minimum atomic E-state index is -0.505. The number of carbonyl (C=O) groups excluding carboxylic acids is 1. The zero-order valence-electron chi connectivity index (χ0n) is 15.4. The van der Waals surface area contributed by atoms with E-state index in [0.717, 1.165) is 30.4 Å². The Labute approximate surface area is 157 Å². The van der Waals surface area contributed by atoms with Gasteiger partial charge < -0.3 is 19.9 Å². The fourth-order valence-corrected chi connectivity index (χ4v) is 3.65. The van der Waals surface area contributed by atoms with Gasteiger partial charge in [0.15, 0.2) is 5.75 Å². The van der Waals surface area contributed by atoms with Gasteiger partial charge in [0.2, 0.25) is 0 Å². The van der Waals surface area contributed by atoms with E-state index in [-0.39, 0.29) is 17.6 Å². The Hall–Kier alpha value is -2.61. The first-order chi connectivity index (χ1) is 13.1. The van der Waals surface area contributed by atoms with E-state index < -0.39 is 6.10 Å². The predicted octanol–water partition coefficient (Wildman–Crippen LogP) is 1.21. The smallest absolute Gasteiger partial charge is 0.270 e. The molecule has 0 aromatic carbocycles. The molecule has 27 heavy (non-hydrogen) atoms. The summed E-state index contributed by atoms with van der Waals surface area (Å²) < 4.78 is 13.1. The molecule has 2 aliphatic rings. The molecule has 1 amide bonds. The molecule has 2 atom stereocenters. The quantitative estimate of drug-likeness (QED) is 0.837. The first-order valence-electron chi connectivity index (χ1n) is 9.36. The number of carbonyl (C=O) groups is 1. The summed E-state index contributed by atoms with van der Waals surface area (Å²) in [5.74, 6) is 0.627. The van der Waals surface area contributed by atoms with Crippen LogP contribution < -0.4 is 14.8 Å². The van der Waals surface area contributed by atoms with Gasteiger partial charge in [0.25, 0.3) is 11.8 Å². The van der Waals surface area contributed by atoms with Gasteiger partial charge in [-0.2, -0.15) is 5.10 Å². The van der Waals surface area contributed by atoms with Crippen LogP contribution in [0.4, 0.5) is 0 Å². The molecule has 3 heterocycles. The summed E-state index contributed by atoms with van der Waals surface area (Å²) in [5, 5.41) is 17.2. The van der Waals surface area contributed by atoms with Crippen LogP contribution in [-0.2, 0) is 13.5 Å². The van der Waals surface area contributed by atoms with Crippen molar-refractivity contribution in [2.45, 2.75) is 44.2 Å². The van der Waals surface area contributed by atoms with Gasteiger partial charge in [0, 0.05) is 25.2 Å². The lowest BCUT2D eigenvalue weighted by Gasteiger charge is -2.28. The van der Waals surface area contributed by atoms with E-state index >= 15 is 0 Å². The molecular formula is C19H24N4O4. The molecule has 8 heteroatoms. The lowest BCUT2D eigenvalue weighted by atomic mass is 9.92. The molecule has 0 unspecified atom stereocenters. The van der Waals surface area contributed by atoms with Gasteiger partial charge in [-0.1, -0.05) is 12.8 Å². The summed E-state index contributed by atoms with van der Waals surface area (Å²) in [6.07, 6.45) is 7.26. The molecular weight excluding hydrogens is 348 g/mol. The van der Waals surface area contributed by atoms with Crippen molar-refractivity contribution in [2.75, 3.05) is 13.2 Å². The Morgan fingerprint density at radius 3 is 2.93 bits per heavy atom. The normalized spacial score (nSPS) is 21.7. The van der Waals surface area contributed by atoms with Crippen molar-refractivity contribution in [3.63, 3.8) is 0 Å². The summed E-state index contributed by atoms with van der Waals surface area (Å²) in [6, 6.07) is 1.51. The monoisotopic (exact) mass is 372 g/mol. The van der Waals surface area contributed by atoms with E-state index in [0.29, 0.717) is 37.7 Å². The van der Waals surface area contributed by atoms with Crippen molar-refractivity contribution in [1.82, 2.24) is 20.1 Å². The van der Waals surface area contributed by atoms with Crippen LogP contribution in [0.5, 0.6) is 11.6 Å². The number of nitrogens with zero attached hydrogens (tertiary/aromatic N) is 3. The molecule has 0 bridgehead atoms. The van der Waals surface area contributed by atoms with Gasteiger partial charge in [0.05, 0.1) is 18.3 Å². The maximum absolute atomic E-state index is 12.8. The zero-order chi connectivity index (χ0) is 18.8. The van der Waals surface area contributed by atoms with Gasteiger partial charge in [-0.3, -0.25) is 9.48 Å². The van der Waals surface area contributed by atoms with Crippen LogP contribution >= 0.6 is 0 Å². The van der Waals surface area contributed by atoms with E-state index in [1.54, 1.807) is 16.9 Å². The molecule has 4 rings (SSSR count). The lowest BCUT2D eigenvalue weighted by Crippen LogP contribution is -2.45. The number of nitrogens with one attached hydrogen (secondary N) is 1. The number of aliphatic hydroxyl groups excluding tert-OH is 1. The van der Waals surface area contributed by atoms with E-state index in [4.69, 9.17) is 9.47 Å². The third kappa shape index (κ3) is 3.90. The minimum Gasteiger partial charge on any atom is -0.484 e. The van der Waals surface area contributed by atoms with Crippen molar-refractivity contribution in [3.05, 3.63) is 35.3 Å². The molecule has 2 aromatic rings. The molecule has 0 radical (unpaired) electrons. The molecule has 144 valence electrons. The van der Waals surface area contributed by atoms with Gasteiger partial charge in [0.1, 0.15) is 18.9 Å². The molecule has 2 N–H and O–H groups in total. The van der Waals surface area contributed by atoms with Crippen molar-refractivity contribution in [1.29, 1.82) is 0 Å². The van der Waals surface area contributed by atoms with Gasteiger partial charge >= 0.3 is 0 Å². The highest BCUT2D eigenvalue weighted by Crippen LogP contribution is 2.34. The lowest BCUT2D eigenvalue weighted by molar-refractivity contribution is 0.0712. The average molecular weight is 372 g/mol. The molecule has 0 spiro atoms. The van der Waals surface area contributed by atoms with Crippen LogP contribution in [0, 0.1) is 0 Å². The van der Waals surface area contributed by atoms with Crippen LogP contribution in [0.25, 0.3) is 0 Å². The van der Waals surface area contributed by atoms with E-state index in [2.05, 4.69) is 15.4 Å². The second-order valence-corrected chi connectivity index (χ2v) is 7.13. The van der Waals surface area contributed by atoms with E-state index in [9.17, 15) is 9.90 Å². The number of hydrogen-bond donors (Lipinski definition) is 2. The number of pyridine rings is 1. The second kappa shape index (κ2) is 7.56. The molecule has 1 aliphatic heterocycles. The number of aliphatic hydroxyl groups is 1. The Morgan fingerprint density at radius 2 is 2.15 bits per heavy atom. The molecule has 1 fully saturated rings. The van der Waals surface area contributed by atoms with Crippen LogP contribution in [0.15, 0.2) is 18.5 Å². The summed E-state index contributed by atoms with van der Waals surface area (Å²) in [5.41, 5.74) is 2.12. The molecule has 8 nitrogen and oxygen atoms in total. The van der Waals surface area contributed by atoms with Crippen molar-refractivity contribution in [3.8, 4) is 11.6 Å². The van der Waals surface area contributed by atoms with Crippen molar-refractivity contribution in [2.24, 2.45) is 7.05 Å². The van der Waals surface area contributed by atoms with Crippen molar-refractivity contribution < 1.29 is 19.4 Å². The molecule has 1 saturated carbocycles. The number of aromatic nitrogens is 3. The number of hydrogen-bond acceptors (Lipinski definition) is 6. The summed E-state index contributed by atoms with van der Waals surface area (Å²) in [7, 11) is 1.86. The van der Waals surface area contributed by atoms with Crippen molar-refractivity contribution >= 4 is 5.91 Å². The first-order valence-corrected chi connectivity index (χ1v) is 9.36. The van der Waals surface area contributed by atoms with E-state index in [1.807, 2.05) is 13.2 Å². The first kappa shape index (κ1) is 17.8. The molecule has 0 saturated heterocycles. The molecule has 1 aliphatic carbocycles. The third-order valence-corrected chi connectivity index (χ3v) is 5.02. The van der Waals surface area contributed by atoms with Crippen LogP contribution in [-0.4, -0.2) is 51.1 Å². The number of amides is 1. The fourth-order valence-electron chi connectivity index (χ4n) is 3.65. The summed E-state index contributed by atoms with van der Waals surface area (Å²) in [6.45, 7) is 0.854. The highest BCUT2D eigenvalue weighted by Gasteiger charge is 2.27. The van der Waals surface area contributed by atoms with Crippen LogP contribution in [0.1, 0.15) is 47.3 Å². The maximum atomic E-state index is 12.8. The Balaban J connectivity index is 1.60. The third-order valence-electron chi connectivity index (χ3n) is 5.02. The summed E-state index contributed by atoms with van der Waals surface area (Å²) in [4.78, 5) is 17.1. The summed E-state index contributed by atoms with van der Waals surface area (Å²) >= 11 is 0. The van der Waals surface area contributed by atoms with E-state index in [1.165, 1.54) is 0 Å². The Bertz CT molecular complexity index is 835.